The van der Waals surface area contributed by atoms with Gasteiger partial charge in [-0.15, -0.1) is 0 Å². The summed E-state index contributed by atoms with van der Waals surface area (Å²) in [5, 5.41) is 4.93. The SMILES string of the molecule is CNC(=O)CNC(=O)c1cccc(Br)c1. The molecule has 0 aliphatic carbocycles. The highest BCUT2D eigenvalue weighted by Gasteiger charge is 2.06. The molecule has 1 rings (SSSR count). The second kappa shape index (κ2) is 5.50. The van der Waals surface area contributed by atoms with Crippen LogP contribution in [-0.4, -0.2) is 25.4 Å². The lowest BCUT2D eigenvalue weighted by atomic mass is 10.2. The fraction of sp³-hybridized carbons (Fsp3) is 0.200. The monoisotopic (exact) mass is 270 g/mol. The number of carbonyl (C=O) groups excluding carboxylic acids is 2. The Balaban J connectivity index is 2.58. The average Bonchev–Trinajstić information content (AvgIpc) is 2.25. The molecule has 4 nitrogen and oxygen atoms in total. The van der Waals surface area contributed by atoms with Crippen LogP contribution >= 0.6 is 15.9 Å². The normalized spacial score (nSPS) is 9.47. The molecule has 0 saturated carbocycles. The van der Waals surface area contributed by atoms with E-state index in [1.54, 1.807) is 18.2 Å². The van der Waals surface area contributed by atoms with Crippen molar-refractivity contribution < 1.29 is 9.59 Å². The van der Waals surface area contributed by atoms with E-state index in [9.17, 15) is 9.59 Å². The van der Waals surface area contributed by atoms with Crippen LogP contribution < -0.4 is 10.6 Å². The van der Waals surface area contributed by atoms with E-state index in [-0.39, 0.29) is 18.4 Å². The molecule has 0 atom stereocenters. The van der Waals surface area contributed by atoms with Crippen LogP contribution in [0.2, 0.25) is 0 Å². The number of benzene rings is 1. The van der Waals surface area contributed by atoms with Crippen molar-refractivity contribution in [1.29, 1.82) is 0 Å². The van der Waals surface area contributed by atoms with Crippen LogP contribution in [0.3, 0.4) is 0 Å². The van der Waals surface area contributed by atoms with Gasteiger partial charge >= 0.3 is 0 Å². The van der Waals surface area contributed by atoms with Crippen molar-refractivity contribution in [1.82, 2.24) is 10.6 Å². The van der Waals surface area contributed by atoms with Crippen molar-refractivity contribution in [3.8, 4) is 0 Å². The first kappa shape index (κ1) is 11.7. The summed E-state index contributed by atoms with van der Waals surface area (Å²) >= 11 is 3.26. The maximum atomic E-state index is 11.5. The maximum absolute atomic E-state index is 11.5. The first-order chi connectivity index (χ1) is 7.13. The van der Waals surface area contributed by atoms with Gasteiger partial charge < -0.3 is 10.6 Å². The Kier molecular flexibility index (Phi) is 4.30. The molecule has 2 N–H and O–H groups in total. The molecule has 0 heterocycles. The molecule has 0 fully saturated rings. The van der Waals surface area contributed by atoms with Crippen LogP contribution in [0.4, 0.5) is 0 Å². The van der Waals surface area contributed by atoms with Gasteiger partial charge in [0.25, 0.3) is 5.91 Å². The van der Waals surface area contributed by atoms with E-state index in [0.29, 0.717) is 5.56 Å². The van der Waals surface area contributed by atoms with Gasteiger partial charge in [0, 0.05) is 17.1 Å². The van der Waals surface area contributed by atoms with Gasteiger partial charge in [0.2, 0.25) is 5.91 Å². The number of hydrogen-bond donors (Lipinski definition) is 2. The van der Waals surface area contributed by atoms with Crippen LogP contribution in [0, 0.1) is 0 Å². The molecule has 0 unspecified atom stereocenters. The molecule has 80 valence electrons. The second-order valence-corrected chi connectivity index (χ2v) is 3.78. The summed E-state index contributed by atoms with van der Waals surface area (Å²) < 4.78 is 0.829. The predicted molar refractivity (Wildman–Crippen MR) is 60.5 cm³/mol. The number of halogens is 1. The third-order valence-corrected chi connectivity index (χ3v) is 2.27. The van der Waals surface area contributed by atoms with Gasteiger partial charge in [0.15, 0.2) is 0 Å². The first-order valence-electron chi connectivity index (χ1n) is 4.38. The molecule has 0 aliphatic heterocycles. The topological polar surface area (TPSA) is 58.2 Å². The molecule has 5 heteroatoms. The zero-order valence-corrected chi connectivity index (χ0v) is 9.80. The van der Waals surface area contributed by atoms with Crippen LogP contribution in [0.15, 0.2) is 28.7 Å². The van der Waals surface area contributed by atoms with Crippen LogP contribution in [0.1, 0.15) is 10.4 Å². The fourth-order valence-electron chi connectivity index (χ4n) is 0.981. The highest BCUT2D eigenvalue weighted by molar-refractivity contribution is 9.10. The summed E-state index contributed by atoms with van der Waals surface area (Å²) in [5.74, 6) is -0.488. The summed E-state index contributed by atoms with van der Waals surface area (Å²) in [7, 11) is 1.52. The van der Waals surface area contributed by atoms with Crippen LogP contribution in [0.25, 0.3) is 0 Å². The third kappa shape index (κ3) is 3.71. The minimum absolute atomic E-state index is 0.0121. The second-order valence-electron chi connectivity index (χ2n) is 2.87. The van der Waals surface area contributed by atoms with Crippen molar-refractivity contribution >= 4 is 27.7 Å². The molecule has 15 heavy (non-hydrogen) atoms. The maximum Gasteiger partial charge on any atom is 0.251 e. The standard InChI is InChI=1S/C10H11BrN2O2/c1-12-9(14)6-13-10(15)7-3-2-4-8(11)5-7/h2-5H,6H2,1H3,(H,12,14)(H,13,15). The summed E-state index contributed by atoms with van der Waals surface area (Å²) in [6, 6.07) is 6.97. The third-order valence-electron chi connectivity index (χ3n) is 1.78. The molecular weight excluding hydrogens is 260 g/mol. The van der Waals surface area contributed by atoms with Gasteiger partial charge in [-0.1, -0.05) is 22.0 Å². The Labute approximate surface area is 96.2 Å². The first-order valence-corrected chi connectivity index (χ1v) is 5.17. The van der Waals surface area contributed by atoms with Gasteiger partial charge in [0.1, 0.15) is 0 Å². The number of hydrogen-bond acceptors (Lipinski definition) is 2. The number of likely N-dealkylation sites (N-methyl/N-ethyl adjacent to an activating group) is 1. The molecular formula is C10H11BrN2O2. The van der Waals surface area contributed by atoms with E-state index in [1.807, 2.05) is 6.07 Å². The summed E-state index contributed by atoms with van der Waals surface area (Å²) in [6.45, 7) is -0.0121. The highest BCUT2D eigenvalue weighted by atomic mass is 79.9. The molecule has 0 aromatic heterocycles. The Morgan fingerprint density at radius 2 is 2.13 bits per heavy atom. The smallest absolute Gasteiger partial charge is 0.251 e. The highest BCUT2D eigenvalue weighted by Crippen LogP contribution is 2.11. The van der Waals surface area contributed by atoms with E-state index in [4.69, 9.17) is 0 Å². The minimum atomic E-state index is -0.264. The Hall–Kier alpha value is -1.36. The molecule has 0 saturated heterocycles. The Bertz CT molecular complexity index is 379. The van der Waals surface area contributed by atoms with Gasteiger partial charge in [-0.25, -0.2) is 0 Å². The minimum Gasteiger partial charge on any atom is -0.358 e. The van der Waals surface area contributed by atoms with Crippen molar-refractivity contribution in [3.63, 3.8) is 0 Å². The van der Waals surface area contributed by atoms with Crippen molar-refractivity contribution in [2.24, 2.45) is 0 Å². The van der Waals surface area contributed by atoms with Gasteiger partial charge in [0.05, 0.1) is 6.54 Å². The van der Waals surface area contributed by atoms with E-state index in [0.717, 1.165) is 4.47 Å². The predicted octanol–water partition coefficient (Wildman–Crippen LogP) is 0.925. The van der Waals surface area contributed by atoms with E-state index >= 15 is 0 Å². The lowest BCUT2D eigenvalue weighted by molar-refractivity contribution is -0.119. The average molecular weight is 271 g/mol. The fourth-order valence-corrected chi connectivity index (χ4v) is 1.38. The quantitative estimate of drug-likeness (QED) is 0.859. The molecule has 2 amide bonds. The number of rotatable bonds is 3. The molecule has 1 aromatic rings. The number of amides is 2. The molecule has 1 aromatic carbocycles. The van der Waals surface area contributed by atoms with Gasteiger partial charge in [-0.2, -0.15) is 0 Å². The Morgan fingerprint density at radius 3 is 2.73 bits per heavy atom. The number of carbonyl (C=O) groups is 2. The zero-order valence-electron chi connectivity index (χ0n) is 8.21. The zero-order chi connectivity index (χ0) is 11.3. The van der Waals surface area contributed by atoms with Crippen LogP contribution in [0.5, 0.6) is 0 Å². The Morgan fingerprint density at radius 1 is 1.40 bits per heavy atom. The van der Waals surface area contributed by atoms with Crippen molar-refractivity contribution in [2.45, 2.75) is 0 Å². The van der Waals surface area contributed by atoms with E-state index in [2.05, 4.69) is 26.6 Å². The van der Waals surface area contributed by atoms with Crippen LogP contribution in [-0.2, 0) is 4.79 Å². The largest absolute Gasteiger partial charge is 0.358 e. The van der Waals surface area contributed by atoms with Gasteiger partial charge in [-0.05, 0) is 18.2 Å². The van der Waals surface area contributed by atoms with Crippen molar-refractivity contribution in [3.05, 3.63) is 34.3 Å². The number of nitrogens with one attached hydrogen (secondary N) is 2. The summed E-state index contributed by atoms with van der Waals surface area (Å²) in [4.78, 5) is 22.4. The molecule has 0 bridgehead atoms. The molecule has 0 spiro atoms. The summed E-state index contributed by atoms with van der Waals surface area (Å²) in [6.07, 6.45) is 0. The van der Waals surface area contributed by atoms with Gasteiger partial charge in [-0.3, -0.25) is 9.59 Å². The summed E-state index contributed by atoms with van der Waals surface area (Å²) in [5.41, 5.74) is 0.522. The van der Waals surface area contributed by atoms with E-state index in [1.165, 1.54) is 7.05 Å². The lowest BCUT2D eigenvalue weighted by Crippen LogP contribution is -2.35. The molecule has 0 radical (unpaired) electrons. The lowest BCUT2D eigenvalue weighted by Gasteiger charge is -2.04. The van der Waals surface area contributed by atoms with E-state index < -0.39 is 0 Å². The molecule has 0 aliphatic rings. The van der Waals surface area contributed by atoms with Crippen molar-refractivity contribution in [2.75, 3.05) is 13.6 Å².